The van der Waals surface area contributed by atoms with Gasteiger partial charge < -0.3 is 10.5 Å². The molecule has 3 rings (SSSR count). The average Bonchev–Trinajstić information content (AvgIpc) is 3.19. The third-order valence-corrected chi connectivity index (χ3v) is 3.90. The second-order valence-electron chi connectivity index (χ2n) is 5.27. The molecule has 0 atom stereocenters. The van der Waals surface area contributed by atoms with Crippen LogP contribution in [0, 0.1) is 5.92 Å². The third kappa shape index (κ3) is 2.48. The molecule has 0 aromatic carbocycles. The fraction of sp³-hybridized carbons (Fsp3) is 0.571. The van der Waals surface area contributed by atoms with Crippen LogP contribution in [0.15, 0.2) is 6.07 Å². The molecular formula is C14H18N2OS. The van der Waals surface area contributed by atoms with E-state index in [0.29, 0.717) is 16.8 Å². The van der Waals surface area contributed by atoms with Crippen molar-refractivity contribution in [1.29, 1.82) is 0 Å². The Morgan fingerprint density at radius 1 is 1.39 bits per heavy atom. The molecule has 0 bridgehead atoms. The van der Waals surface area contributed by atoms with Crippen LogP contribution in [-0.4, -0.2) is 16.6 Å². The summed E-state index contributed by atoms with van der Waals surface area (Å²) < 4.78 is 5.81. The highest BCUT2D eigenvalue weighted by atomic mass is 32.1. The minimum absolute atomic E-state index is 0.390. The predicted octanol–water partition coefficient (Wildman–Crippen LogP) is 2.38. The van der Waals surface area contributed by atoms with E-state index >= 15 is 0 Å². The van der Waals surface area contributed by atoms with E-state index < -0.39 is 0 Å². The summed E-state index contributed by atoms with van der Waals surface area (Å²) in [6.07, 6.45) is 7.12. The maximum atomic E-state index is 5.81. The third-order valence-electron chi connectivity index (χ3n) is 3.68. The maximum Gasteiger partial charge on any atom is 0.224 e. The molecule has 2 aliphatic rings. The van der Waals surface area contributed by atoms with Gasteiger partial charge in [-0.05, 0) is 56.1 Å². The molecule has 3 nitrogen and oxygen atoms in total. The number of pyridine rings is 1. The van der Waals surface area contributed by atoms with Gasteiger partial charge in [0.2, 0.25) is 5.88 Å². The molecular weight excluding hydrogens is 244 g/mol. The molecule has 4 heteroatoms. The molecule has 1 aromatic heterocycles. The SMILES string of the molecule is NC(=S)c1cc2c(nc1OCC1CC1)CCCC2. The first-order valence-electron chi connectivity index (χ1n) is 6.69. The normalized spacial score (nSPS) is 18.2. The number of ether oxygens (including phenoxy) is 1. The van der Waals surface area contributed by atoms with E-state index in [1.807, 2.05) is 0 Å². The van der Waals surface area contributed by atoms with E-state index in [-0.39, 0.29) is 0 Å². The summed E-state index contributed by atoms with van der Waals surface area (Å²) in [5, 5.41) is 0. The van der Waals surface area contributed by atoms with E-state index in [0.717, 1.165) is 25.0 Å². The molecule has 2 N–H and O–H groups in total. The zero-order valence-electron chi connectivity index (χ0n) is 10.4. The van der Waals surface area contributed by atoms with Gasteiger partial charge in [0.1, 0.15) is 4.99 Å². The highest BCUT2D eigenvalue weighted by Gasteiger charge is 2.24. The summed E-state index contributed by atoms with van der Waals surface area (Å²) in [5.41, 5.74) is 9.06. The van der Waals surface area contributed by atoms with Crippen molar-refractivity contribution >= 4 is 17.2 Å². The lowest BCUT2D eigenvalue weighted by atomic mass is 9.95. The number of aromatic nitrogens is 1. The Kier molecular flexibility index (Phi) is 3.20. The van der Waals surface area contributed by atoms with Crippen LogP contribution in [0.4, 0.5) is 0 Å². The van der Waals surface area contributed by atoms with Gasteiger partial charge in [0.25, 0.3) is 0 Å². The second kappa shape index (κ2) is 4.84. The Bertz CT molecular complexity index is 483. The van der Waals surface area contributed by atoms with Gasteiger partial charge in [-0.2, -0.15) is 0 Å². The zero-order chi connectivity index (χ0) is 12.5. The molecule has 1 heterocycles. The summed E-state index contributed by atoms with van der Waals surface area (Å²) >= 11 is 5.11. The molecule has 0 amide bonds. The van der Waals surface area contributed by atoms with Crippen molar-refractivity contribution in [3.8, 4) is 5.88 Å². The van der Waals surface area contributed by atoms with Gasteiger partial charge in [-0.15, -0.1) is 0 Å². The smallest absolute Gasteiger partial charge is 0.224 e. The van der Waals surface area contributed by atoms with Gasteiger partial charge in [0.05, 0.1) is 12.2 Å². The van der Waals surface area contributed by atoms with E-state index in [1.54, 1.807) is 0 Å². The molecule has 2 aliphatic carbocycles. The van der Waals surface area contributed by atoms with E-state index in [4.69, 9.17) is 22.7 Å². The van der Waals surface area contributed by atoms with Crippen molar-refractivity contribution in [2.75, 3.05) is 6.61 Å². The van der Waals surface area contributed by atoms with Crippen LogP contribution in [0.25, 0.3) is 0 Å². The number of nitrogens with zero attached hydrogens (tertiary/aromatic N) is 1. The predicted molar refractivity (Wildman–Crippen MR) is 75.0 cm³/mol. The number of hydrogen-bond acceptors (Lipinski definition) is 3. The number of fused-ring (bicyclic) bond motifs is 1. The van der Waals surface area contributed by atoms with Crippen LogP contribution in [-0.2, 0) is 12.8 Å². The number of nitrogens with two attached hydrogens (primary N) is 1. The Morgan fingerprint density at radius 3 is 2.89 bits per heavy atom. The fourth-order valence-corrected chi connectivity index (χ4v) is 2.53. The molecule has 1 fully saturated rings. The van der Waals surface area contributed by atoms with Crippen molar-refractivity contribution in [3.05, 3.63) is 22.9 Å². The van der Waals surface area contributed by atoms with Gasteiger partial charge >= 0.3 is 0 Å². The van der Waals surface area contributed by atoms with Crippen molar-refractivity contribution in [1.82, 2.24) is 4.98 Å². The fourth-order valence-electron chi connectivity index (χ4n) is 2.38. The van der Waals surface area contributed by atoms with Crippen LogP contribution < -0.4 is 10.5 Å². The first-order valence-corrected chi connectivity index (χ1v) is 7.10. The number of hydrogen-bond donors (Lipinski definition) is 1. The van der Waals surface area contributed by atoms with E-state index in [1.165, 1.54) is 36.9 Å². The molecule has 18 heavy (non-hydrogen) atoms. The molecule has 0 saturated heterocycles. The number of thiocarbonyl (C=S) groups is 1. The number of aryl methyl sites for hydroxylation is 2. The lowest BCUT2D eigenvalue weighted by Gasteiger charge is -2.18. The van der Waals surface area contributed by atoms with Gasteiger partial charge in [0, 0.05) is 5.69 Å². The minimum atomic E-state index is 0.390. The monoisotopic (exact) mass is 262 g/mol. The van der Waals surface area contributed by atoms with Crippen LogP contribution in [0.5, 0.6) is 5.88 Å². The van der Waals surface area contributed by atoms with Gasteiger partial charge in [0.15, 0.2) is 0 Å². The molecule has 0 aliphatic heterocycles. The quantitative estimate of drug-likeness (QED) is 0.846. The largest absolute Gasteiger partial charge is 0.477 e. The van der Waals surface area contributed by atoms with Crippen LogP contribution in [0.2, 0.25) is 0 Å². The Hall–Kier alpha value is -1.16. The molecule has 0 spiro atoms. The first-order chi connectivity index (χ1) is 8.74. The van der Waals surface area contributed by atoms with Crippen molar-refractivity contribution in [2.45, 2.75) is 38.5 Å². The summed E-state index contributed by atoms with van der Waals surface area (Å²) in [5.74, 6) is 1.36. The van der Waals surface area contributed by atoms with E-state index in [2.05, 4.69) is 11.1 Å². The summed E-state index contributed by atoms with van der Waals surface area (Å²) in [6.45, 7) is 0.751. The van der Waals surface area contributed by atoms with Crippen molar-refractivity contribution in [3.63, 3.8) is 0 Å². The molecule has 1 saturated carbocycles. The van der Waals surface area contributed by atoms with Crippen LogP contribution >= 0.6 is 12.2 Å². The Balaban J connectivity index is 1.90. The Morgan fingerprint density at radius 2 is 2.17 bits per heavy atom. The standard InChI is InChI=1S/C14H18N2OS/c15-13(18)11-7-10-3-1-2-4-12(10)16-14(11)17-8-9-5-6-9/h7,9H,1-6,8H2,(H2,15,18). The second-order valence-corrected chi connectivity index (χ2v) is 5.71. The average molecular weight is 262 g/mol. The van der Waals surface area contributed by atoms with Gasteiger partial charge in [-0.25, -0.2) is 4.98 Å². The van der Waals surface area contributed by atoms with Gasteiger partial charge in [-0.3, -0.25) is 0 Å². The lowest BCUT2D eigenvalue weighted by molar-refractivity contribution is 0.286. The first kappa shape index (κ1) is 11.9. The molecule has 1 aromatic rings. The number of rotatable bonds is 4. The van der Waals surface area contributed by atoms with Crippen LogP contribution in [0.1, 0.15) is 42.5 Å². The molecule has 96 valence electrons. The topological polar surface area (TPSA) is 48.1 Å². The minimum Gasteiger partial charge on any atom is -0.477 e. The lowest BCUT2D eigenvalue weighted by Crippen LogP contribution is -2.17. The molecule has 0 unspecified atom stereocenters. The Labute approximate surface area is 113 Å². The van der Waals surface area contributed by atoms with Gasteiger partial charge in [-0.1, -0.05) is 12.2 Å². The summed E-state index contributed by atoms with van der Waals surface area (Å²) in [6, 6.07) is 2.09. The summed E-state index contributed by atoms with van der Waals surface area (Å²) in [4.78, 5) is 5.03. The highest BCUT2D eigenvalue weighted by Crippen LogP contribution is 2.31. The van der Waals surface area contributed by atoms with Crippen molar-refractivity contribution < 1.29 is 4.74 Å². The van der Waals surface area contributed by atoms with E-state index in [9.17, 15) is 0 Å². The maximum absolute atomic E-state index is 5.81. The van der Waals surface area contributed by atoms with Crippen LogP contribution in [0.3, 0.4) is 0 Å². The highest BCUT2D eigenvalue weighted by molar-refractivity contribution is 7.80. The van der Waals surface area contributed by atoms with Crippen molar-refractivity contribution in [2.24, 2.45) is 11.7 Å². The summed E-state index contributed by atoms with van der Waals surface area (Å²) in [7, 11) is 0. The molecule has 0 radical (unpaired) electrons. The zero-order valence-corrected chi connectivity index (χ0v) is 11.3.